The molecule has 0 aromatic carbocycles. The summed E-state index contributed by atoms with van der Waals surface area (Å²) >= 11 is 0. The van der Waals surface area contributed by atoms with Crippen molar-refractivity contribution in [1.29, 1.82) is 0 Å². The molecule has 0 amide bonds. The molecule has 0 saturated carbocycles. The summed E-state index contributed by atoms with van der Waals surface area (Å²) in [6, 6.07) is 0. The molecule has 0 aliphatic heterocycles. The van der Waals surface area contributed by atoms with E-state index in [9.17, 15) is 19.0 Å². The van der Waals surface area contributed by atoms with Gasteiger partial charge in [-0.25, -0.2) is 4.57 Å². The number of hydrogen-bond donors (Lipinski definition) is 2. The zero-order chi connectivity index (χ0) is 31.9. The first kappa shape index (κ1) is 41.5. The smallest absolute Gasteiger partial charge is 0.462 e. The molecule has 252 valence electrons. The van der Waals surface area contributed by atoms with Gasteiger partial charge in [-0.3, -0.25) is 18.6 Å². The Kier molecular flexibility index (Phi) is 29.4. The Morgan fingerprint density at radius 2 is 1.26 bits per heavy atom. The van der Waals surface area contributed by atoms with Gasteiger partial charge in [-0.15, -0.1) is 0 Å². The molecule has 0 spiro atoms. The molecule has 0 radical (unpaired) electrons. The lowest BCUT2D eigenvalue weighted by atomic mass is 10.0. The van der Waals surface area contributed by atoms with E-state index in [0.717, 1.165) is 25.7 Å². The summed E-state index contributed by atoms with van der Waals surface area (Å²) in [4.78, 5) is 32.9. The van der Waals surface area contributed by atoms with E-state index in [2.05, 4.69) is 35.8 Å². The molecule has 0 aromatic heterocycles. The van der Waals surface area contributed by atoms with Crippen molar-refractivity contribution in [2.75, 3.05) is 26.4 Å². The maximum absolute atomic E-state index is 12.2. The number of nitrogens with two attached hydrogens (primary N) is 1. The molecule has 0 aliphatic rings. The molecule has 9 nitrogen and oxygen atoms in total. The summed E-state index contributed by atoms with van der Waals surface area (Å²) in [5.74, 6) is -1.02. The monoisotopic (exact) mass is 631 g/mol. The van der Waals surface area contributed by atoms with Crippen LogP contribution in [0.15, 0.2) is 24.3 Å². The topological polar surface area (TPSA) is 134 Å². The van der Waals surface area contributed by atoms with Gasteiger partial charge in [-0.05, 0) is 38.5 Å². The Hall–Kier alpha value is -1.51. The number of unbranched alkanes of at least 4 members (excludes halogenated alkanes) is 16. The number of carbonyl (C=O) groups excluding carboxylic acids is 2. The summed E-state index contributed by atoms with van der Waals surface area (Å²) in [5, 5.41) is 0. The molecular weight excluding hydrogens is 569 g/mol. The third-order valence-electron chi connectivity index (χ3n) is 6.90. The van der Waals surface area contributed by atoms with Gasteiger partial charge in [0.25, 0.3) is 0 Å². The highest BCUT2D eigenvalue weighted by Crippen LogP contribution is 2.43. The van der Waals surface area contributed by atoms with Crippen molar-refractivity contribution < 1.29 is 37.6 Å². The standard InChI is InChI=1S/C33H62NO8P/c1-3-4-5-6-7-8-9-10-11-12-13-14-15-16-17-18-19-20-21-22-23-24-25-26-33(36)42-32(29-39-31(2)35)30-41-43(37,38)40-28-27-34/h9-10,12-13,32H,3-8,11,14-30,34H2,1-2H3,(H,37,38)/b10-9-,13-12-. The number of hydrogen-bond acceptors (Lipinski definition) is 8. The first-order chi connectivity index (χ1) is 20.8. The normalized spacial score (nSPS) is 13.9. The fraction of sp³-hybridized carbons (Fsp3) is 0.818. The number of carbonyl (C=O) groups is 2. The maximum Gasteiger partial charge on any atom is 0.472 e. The predicted octanol–water partition coefficient (Wildman–Crippen LogP) is 8.49. The molecule has 0 heterocycles. The molecule has 0 aromatic rings. The van der Waals surface area contributed by atoms with Crippen LogP contribution in [0.4, 0.5) is 0 Å². The largest absolute Gasteiger partial charge is 0.472 e. The number of rotatable bonds is 31. The first-order valence-corrected chi connectivity index (χ1v) is 18.2. The van der Waals surface area contributed by atoms with Gasteiger partial charge in [-0.1, -0.05) is 115 Å². The Labute approximate surface area is 261 Å². The van der Waals surface area contributed by atoms with Crippen LogP contribution in [-0.2, 0) is 32.7 Å². The van der Waals surface area contributed by atoms with Gasteiger partial charge in [0.1, 0.15) is 6.61 Å². The second-order valence-corrected chi connectivity index (χ2v) is 12.6. The lowest BCUT2D eigenvalue weighted by Crippen LogP contribution is -2.29. The molecule has 0 fully saturated rings. The number of allylic oxidation sites excluding steroid dienone is 4. The summed E-state index contributed by atoms with van der Waals surface area (Å²) in [7, 11) is -4.33. The van der Waals surface area contributed by atoms with E-state index >= 15 is 0 Å². The Balaban J connectivity index is 3.70. The molecule has 0 aliphatic carbocycles. The minimum absolute atomic E-state index is 0.0517. The second-order valence-electron chi connectivity index (χ2n) is 11.1. The minimum atomic E-state index is -4.33. The van der Waals surface area contributed by atoms with Gasteiger partial charge in [0, 0.05) is 19.9 Å². The van der Waals surface area contributed by atoms with E-state index in [4.69, 9.17) is 19.7 Å². The van der Waals surface area contributed by atoms with Crippen LogP contribution in [0.25, 0.3) is 0 Å². The third-order valence-corrected chi connectivity index (χ3v) is 7.88. The zero-order valence-electron chi connectivity index (χ0n) is 27.2. The van der Waals surface area contributed by atoms with Crippen molar-refractivity contribution in [2.24, 2.45) is 5.73 Å². The number of phosphoric ester groups is 1. The average molecular weight is 632 g/mol. The molecule has 10 heteroatoms. The lowest BCUT2D eigenvalue weighted by Gasteiger charge is -2.19. The summed E-state index contributed by atoms with van der Waals surface area (Å²) in [6.45, 7) is 2.66. The molecule has 2 unspecified atom stereocenters. The Morgan fingerprint density at radius 3 is 1.77 bits per heavy atom. The van der Waals surface area contributed by atoms with Crippen molar-refractivity contribution in [3.8, 4) is 0 Å². The van der Waals surface area contributed by atoms with Gasteiger partial charge < -0.3 is 20.1 Å². The van der Waals surface area contributed by atoms with Crippen LogP contribution in [0.5, 0.6) is 0 Å². The fourth-order valence-electron chi connectivity index (χ4n) is 4.45. The predicted molar refractivity (Wildman–Crippen MR) is 174 cm³/mol. The van der Waals surface area contributed by atoms with Crippen LogP contribution < -0.4 is 5.73 Å². The van der Waals surface area contributed by atoms with E-state index in [1.54, 1.807) is 0 Å². The van der Waals surface area contributed by atoms with E-state index in [-0.39, 0.29) is 26.2 Å². The SMILES string of the molecule is CCCCCCC/C=C\C/C=C\CCCCCCCCCCCCCC(=O)OC(COC(C)=O)COP(=O)(O)OCCN. The van der Waals surface area contributed by atoms with E-state index in [1.807, 2.05) is 0 Å². The van der Waals surface area contributed by atoms with E-state index in [1.165, 1.54) is 96.8 Å². The summed E-state index contributed by atoms with van der Waals surface area (Å²) < 4.78 is 31.4. The highest BCUT2D eigenvalue weighted by molar-refractivity contribution is 7.47. The first-order valence-electron chi connectivity index (χ1n) is 16.8. The molecule has 43 heavy (non-hydrogen) atoms. The van der Waals surface area contributed by atoms with E-state index in [0.29, 0.717) is 6.42 Å². The maximum atomic E-state index is 12.2. The fourth-order valence-corrected chi connectivity index (χ4v) is 5.21. The van der Waals surface area contributed by atoms with Gasteiger partial charge in [0.05, 0.1) is 13.2 Å². The highest BCUT2D eigenvalue weighted by Gasteiger charge is 2.25. The van der Waals surface area contributed by atoms with Crippen molar-refractivity contribution in [2.45, 2.75) is 148 Å². The van der Waals surface area contributed by atoms with Crippen LogP contribution in [-0.4, -0.2) is 49.3 Å². The molecule has 3 N–H and O–H groups in total. The van der Waals surface area contributed by atoms with E-state index < -0.39 is 32.5 Å². The minimum Gasteiger partial charge on any atom is -0.462 e. The molecule has 0 saturated heterocycles. The van der Waals surface area contributed by atoms with Gasteiger partial charge >= 0.3 is 19.8 Å². The van der Waals surface area contributed by atoms with Crippen molar-refractivity contribution in [3.63, 3.8) is 0 Å². The van der Waals surface area contributed by atoms with Crippen molar-refractivity contribution in [3.05, 3.63) is 24.3 Å². The number of esters is 2. The third kappa shape index (κ3) is 31.7. The highest BCUT2D eigenvalue weighted by atomic mass is 31.2. The molecule has 0 rings (SSSR count). The molecule has 2 atom stereocenters. The van der Waals surface area contributed by atoms with Crippen LogP contribution in [0.3, 0.4) is 0 Å². The molecular formula is C33H62NO8P. The number of phosphoric acid groups is 1. The van der Waals surface area contributed by atoms with Gasteiger partial charge in [-0.2, -0.15) is 0 Å². The number of ether oxygens (including phenoxy) is 2. The second kappa shape index (κ2) is 30.5. The van der Waals surface area contributed by atoms with Crippen LogP contribution >= 0.6 is 7.82 Å². The summed E-state index contributed by atoms with van der Waals surface area (Å²) in [6.07, 6.45) is 31.5. The molecule has 0 bridgehead atoms. The van der Waals surface area contributed by atoms with Crippen LogP contribution in [0, 0.1) is 0 Å². The van der Waals surface area contributed by atoms with Crippen LogP contribution in [0.2, 0.25) is 0 Å². The van der Waals surface area contributed by atoms with Gasteiger partial charge in [0.2, 0.25) is 0 Å². The van der Waals surface area contributed by atoms with Crippen LogP contribution in [0.1, 0.15) is 142 Å². The average Bonchev–Trinajstić information content (AvgIpc) is 2.97. The Morgan fingerprint density at radius 1 is 0.744 bits per heavy atom. The van der Waals surface area contributed by atoms with Gasteiger partial charge in [0.15, 0.2) is 6.10 Å². The Bertz CT molecular complexity index is 774. The quantitative estimate of drug-likeness (QED) is 0.0334. The lowest BCUT2D eigenvalue weighted by molar-refractivity contribution is -0.160. The van der Waals surface area contributed by atoms with Crippen molar-refractivity contribution in [1.82, 2.24) is 0 Å². The summed E-state index contributed by atoms with van der Waals surface area (Å²) in [5.41, 5.74) is 5.25. The van der Waals surface area contributed by atoms with Crippen molar-refractivity contribution >= 4 is 19.8 Å². The zero-order valence-corrected chi connectivity index (χ0v) is 28.1.